The summed E-state index contributed by atoms with van der Waals surface area (Å²) in [5, 5.41) is 2.18. The molecule has 3 aromatic rings. The Balaban J connectivity index is 1.91. The van der Waals surface area contributed by atoms with Crippen LogP contribution in [0, 0.1) is 5.82 Å². The zero-order valence-electron chi connectivity index (χ0n) is 11.7. The summed E-state index contributed by atoms with van der Waals surface area (Å²) in [5.41, 5.74) is 6.49. The summed E-state index contributed by atoms with van der Waals surface area (Å²) in [6, 6.07) is 18.3. The Bertz CT molecular complexity index is 783. The third-order valence-corrected chi connectivity index (χ3v) is 3.43. The van der Waals surface area contributed by atoms with Crippen molar-refractivity contribution in [3.63, 3.8) is 0 Å². The molecule has 3 aromatic carbocycles. The Morgan fingerprint density at radius 1 is 0.952 bits per heavy atom. The Hall–Kier alpha value is -2.39. The SMILES string of the molecule is CC(N)c1ccc(Oc2ccc3ccccc3c2)c(F)c1. The van der Waals surface area contributed by atoms with Gasteiger partial charge in [-0.2, -0.15) is 0 Å². The van der Waals surface area contributed by atoms with Gasteiger partial charge in [-0.25, -0.2) is 4.39 Å². The first-order valence-corrected chi connectivity index (χ1v) is 6.85. The van der Waals surface area contributed by atoms with Crippen molar-refractivity contribution >= 4 is 10.8 Å². The molecule has 0 amide bonds. The van der Waals surface area contributed by atoms with Gasteiger partial charge in [0.25, 0.3) is 0 Å². The van der Waals surface area contributed by atoms with Crippen molar-refractivity contribution in [1.29, 1.82) is 0 Å². The third-order valence-electron chi connectivity index (χ3n) is 3.43. The highest BCUT2D eigenvalue weighted by Crippen LogP contribution is 2.28. The summed E-state index contributed by atoms with van der Waals surface area (Å²) >= 11 is 0. The van der Waals surface area contributed by atoms with Crippen LogP contribution in [0.3, 0.4) is 0 Å². The smallest absolute Gasteiger partial charge is 0.166 e. The average Bonchev–Trinajstić information content (AvgIpc) is 2.49. The highest BCUT2D eigenvalue weighted by Gasteiger charge is 2.08. The van der Waals surface area contributed by atoms with E-state index in [0.717, 1.165) is 16.3 Å². The monoisotopic (exact) mass is 281 g/mol. The van der Waals surface area contributed by atoms with Gasteiger partial charge >= 0.3 is 0 Å². The second-order valence-corrected chi connectivity index (χ2v) is 5.09. The molecule has 0 saturated carbocycles. The van der Waals surface area contributed by atoms with Gasteiger partial charge < -0.3 is 10.5 Å². The Morgan fingerprint density at radius 2 is 1.71 bits per heavy atom. The number of rotatable bonds is 3. The van der Waals surface area contributed by atoms with Gasteiger partial charge in [0, 0.05) is 6.04 Å². The Morgan fingerprint density at radius 3 is 2.43 bits per heavy atom. The van der Waals surface area contributed by atoms with Crippen LogP contribution >= 0.6 is 0 Å². The maximum Gasteiger partial charge on any atom is 0.166 e. The molecule has 0 spiro atoms. The predicted molar refractivity (Wildman–Crippen MR) is 83.0 cm³/mol. The first-order valence-electron chi connectivity index (χ1n) is 6.85. The van der Waals surface area contributed by atoms with Crippen LogP contribution in [0.2, 0.25) is 0 Å². The molecule has 2 N–H and O–H groups in total. The van der Waals surface area contributed by atoms with E-state index in [4.69, 9.17) is 10.5 Å². The molecule has 0 bridgehead atoms. The Labute approximate surface area is 123 Å². The van der Waals surface area contributed by atoms with Crippen molar-refractivity contribution in [3.05, 3.63) is 72.0 Å². The van der Waals surface area contributed by atoms with Gasteiger partial charge in [-0.05, 0) is 47.5 Å². The second kappa shape index (κ2) is 5.54. The van der Waals surface area contributed by atoms with Crippen LogP contribution in [0.25, 0.3) is 10.8 Å². The van der Waals surface area contributed by atoms with Crippen LogP contribution in [0.5, 0.6) is 11.5 Å². The molecule has 2 nitrogen and oxygen atoms in total. The molecule has 3 rings (SSSR count). The van der Waals surface area contributed by atoms with E-state index in [0.29, 0.717) is 5.75 Å². The minimum Gasteiger partial charge on any atom is -0.454 e. The number of benzene rings is 3. The molecule has 1 atom stereocenters. The van der Waals surface area contributed by atoms with Gasteiger partial charge in [0.1, 0.15) is 5.75 Å². The van der Waals surface area contributed by atoms with Crippen LogP contribution in [-0.2, 0) is 0 Å². The van der Waals surface area contributed by atoms with Crippen LogP contribution in [0.4, 0.5) is 4.39 Å². The van der Waals surface area contributed by atoms with Crippen molar-refractivity contribution in [2.24, 2.45) is 5.73 Å². The molecular formula is C18H16FNO. The molecule has 0 aliphatic carbocycles. The fourth-order valence-corrected chi connectivity index (χ4v) is 2.24. The standard InChI is InChI=1S/C18H16FNO/c1-12(20)14-7-9-18(17(19)11-14)21-16-8-6-13-4-2-3-5-15(13)10-16/h2-12H,20H2,1H3. The number of nitrogens with two attached hydrogens (primary N) is 1. The predicted octanol–water partition coefficient (Wildman–Crippen LogP) is 4.79. The van der Waals surface area contributed by atoms with E-state index in [1.54, 1.807) is 12.1 Å². The molecule has 0 aliphatic heterocycles. The number of fused-ring (bicyclic) bond motifs is 1. The van der Waals surface area contributed by atoms with E-state index in [-0.39, 0.29) is 11.8 Å². The fourth-order valence-electron chi connectivity index (χ4n) is 2.24. The van der Waals surface area contributed by atoms with E-state index in [1.165, 1.54) is 6.07 Å². The molecule has 21 heavy (non-hydrogen) atoms. The van der Waals surface area contributed by atoms with E-state index in [2.05, 4.69) is 0 Å². The van der Waals surface area contributed by atoms with Crippen molar-refractivity contribution in [1.82, 2.24) is 0 Å². The quantitative estimate of drug-likeness (QED) is 0.749. The number of hydrogen-bond donors (Lipinski definition) is 1. The topological polar surface area (TPSA) is 35.2 Å². The first kappa shape index (κ1) is 13.6. The second-order valence-electron chi connectivity index (χ2n) is 5.09. The average molecular weight is 281 g/mol. The van der Waals surface area contributed by atoms with E-state index >= 15 is 0 Å². The lowest BCUT2D eigenvalue weighted by molar-refractivity contribution is 0.442. The van der Waals surface area contributed by atoms with Gasteiger partial charge in [0.2, 0.25) is 0 Å². The maximum atomic E-state index is 14.0. The van der Waals surface area contributed by atoms with Crippen molar-refractivity contribution < 1.29 is 9.13 Å². The molecule has 0 heterocycles. The van der Waals surface area contributed by atoms with Crippen molar-refractivity contribution in [2.75, 3.05) is 0 Å². The molecule has 0 aliphatic rings. The van der Waals surface area contributed by atoms with E-state index < -0.39 is 5.82 Å². The molecule has 0 fully saturated rings. The fraction of sp³-hybridized carbons (Fsp3) is 0.111. The zero-order valence-corrected chi connectivity index (χ0v) is 11.7. The highest BCUT2D eigenvalue weighted by molar-refractivity contribution is 5.83. The van der Waals surface area contributed by atoms with Gasteiger partial charge in [0.15, 0.2) is 11.6 Å². The summed E-state index contributed by atoms with van der Waals surface area (Å²) in [4.78, 5) is 0. The van der Waals surface area contributed by atoms with Gasteiger partial charge in [-0.1, -0.05) is 36.4 Å². The summed E-state index contributed by atoms with van der Waals surface area (Å²) in [7, 11) is 0. The molecule has 1 unspecified atom stereocenters. The van der Waals surface area contributed by atoms with E-state index in [1.807, 2.05) is 49.4 Å². The number of halogens is 1. The van der Waals surface area contributed by atoms with Crippen LogP contribution < -0.4 is 10.5 Å². The first-order chi connectivity index (χ1) is 10.1. The minimum absolute atomic E-state index is 0.200. The number of ether oxygens (including phenoxy) is 1. The molecule has 3 heteroatoms. The molecule has 106 valence electrons. The lowest BCUT2D eigenvalue weighted by Crippen LogP contribution is -2.05. The Kier molecular flexibility index (Phi) is 3.59. The summed E-state index contributed by atoms with van der Waals surface area (Å²) < 4.78 is 19.7. The summed E-state index contributed by atoms with van der Waals surface area (Å²) in [5.74, 6) is 0.411. The molecule has 0 aromatic heterocycles. The lowest BCUT2D eigenvalue weighted by Gasteiger charge is -2.10. The van der Waals surface area contributed by atoms with E-state index in [9.17, 15) is 4.39 Å². The minimum atomic E-state index is -0.405. The normalized spacial score (nSPS) is 12.3. The maximum absolute atomic E-state index is 14.0. The molecular weight excluding hydrogens is 265 g/mol. The van der Waals surface area contributed by atoms with Crippen LogP contribution in [-0.4, -0.2) is 0 Å². The van der Waals surface area contributed by atoms with Crippen molar-refractivity contribution in [3.8, 4) is 11.5 Å². The molecule has 0 saturated heterocycles. The van der Waals surface area contributed by atoms with Gasteiger partial charge in [-0.3, -0.25) is 0 Å². The van der Waals surface area contributed by atoms with Crippen molar-refractivity contribution in [2.45, 2.75) is 13.0 Å². The zero-order chi connectivity index (χ0) is 14.8. The van der Waals surface area contributed by atoms with Crippen LogP contribution in [0.15, 0.2) is 60.7 Å². The largest absolute Gasteiger partial charge is 0.454 e. The highest BCUT2D eigenvalue weighted by atomic mass is 19.1. The third kappa shape index (κ3) is 2.88. The van der Waals surface area contributed by atoms with Gasteiger partial charge in [0.05, 0.1) is 0 Å². The summed E-state index contributed by atoms with van der Waals surface area (Å²) in [6.45, 7) is 1.82. The number of hydrogen-bond acceptors (Lipinski definition) is 2. The van der Waals surface area contributed by atoms with Crippen LogP contribution in [0.1, 0.15) is 18.5 Å². The molecule has 0 radical (unpaired) electrons. The summed E-state index contributed by atoms with van der Waals surface area (Å²) in [6.07, 6.45) is 0. The van der Waals surface area contributed by atoms with Gasteiger partial charge in [-0.15, -0.1) is 0 Å². The lowest BCUT2D eigenvalue weighted by atomic mass is 10.1.